The number of aliphatic hydroxyl groups is 1. The molecule has 4 aromatic rings. The molecule has 3 aliphatic heterocycles. The van der Waals surface area contributed by atoms with E-state index < -0.39 is 46.8 Å². The summed E-state index contributed by atoms with van der Waals surface area (Å²) >= 11 is 0. The number of carbonyl (C=O) groups excluding carboxylic acids is 3. The summed E-state index contributed by atoms with van der Waals surface area (Å²) in [5.41, 5.74) is -0.180. The number of carbonyl (C=O) groups is 3. The number of amides is 1. The van der Waals surface area contributed by atoms with E-state index in [4.69, 9.17) is 33.1 Å². The van der Waals surface area contributed by atoms with Crippen LogP contribution >= 0.6 is 0 Å². The smallest absolute Gasteiger partial charge is 0.312 e. The van der Waals surface area contributed by atoms with Crippen molar-refractivity contribution in [2.24, 2.45) is 17.8 Å². The highest BCUT2D eigenvalue weighted by Crippen LogP contribution is 2.48. The lowest BCUT2D eigenvalue weighted by Gasteiger charge is -2.29. The van der Waals surface area contributed by atoms with Crippen LogP contribution in [0.25, 0.3) is 33.0 Å². The summed E-state index contributed by atoms with van der Waals surface area (Å²) < 4.78 is 35.8. The normalized spacial score (nSPS) is 25.7. The van der Waals surface area contributed by atoms with E-state index in [-0.39, 0.29) is 80.0 Å². The molecule has 15 heteroatoms. The van der Waals surface area contributed by atoms with Crippen LogP contribution in [0.15, 0.2) is 63.6 Å². The predicted octanol–water partition coefficient (Wildman–Crippen LogP) is 7.11. The number of likely N-dealkylation sites (N-methyl/N-ethyl adjacent to an activating group) is 1. The second-order valence-electron chi connectivity index (χ2n) is 16.9. The van der Waals surface area contributed by atoms with Gasteiger partial charge in [0.2, 0.25) is 0 Å². The number of aromatic hydroxyl groups is 1. The second-order valence-corrected chi connectivity index (χ2v) is 16.9. The summed E-state index contributed by atoms with van der Waals surface area (Å²) in [6.07, 6.45) is 7.90. The van der Waals surface area contributed by atoms with Crippen molar-refractivity contribution in [3.8, 4) is 17.2 Å². The highest BCUT2D eigenvalue weighted by atomic mass is 16.7. The van der Waals surface area contributed by atoms with Crippen molar-refractivity contribution in [2.75, 3.05) is 45.8 Å². The van der Waals surface area contributed by atoms with Gasteiger partial charge in [0.15, 0.2) is 22.3 Å². The van der Waals surface area contributed by atoms with E-state index >= 15 is 0 Å². The Labute approximate surface area is 360 Å². The van der Waals surface area contributed by atoms with Gasteiger partial charge in [0.1, 0.15) is 40.9 Å². The minimum absolute atomic E-state index is 0.0106. The zero-order valence-electron chi connectivity index (χ0n) is 36.8. The molecule has 7 rings (SSSR count). The Bertz CT molecular complexity index is 2520. The van der Waals surface area contributed by atoms with Gasteiger partial charge in [-0.1, -0.05) is 39.0 Å². The molecule has 3 aromatic carbocycles. The van der Waals surface area contributed by atoms with Crippen LogP contribution in [0.3, 0.4) is 0 Å². The number of phenolic OH excluding ortho intramolecular Hbond substituents is 1. The summed E-state index contributed by atoms with van der Waals surface area (Å²) in [5, 5.41) is 25.8. The molecule has 3 N–H and O–H groups in total. The maximum Gasteiger partial charge on any atom is 0.312 e. The van der Waals surface area contributed by atoms with E-state index in [2.05, 4.69) is 5.32 Å². The summed E-state index contributed by atoms with van der Waals surface area (Å²) in [6.45, 7) is 13.6. The van der Waals surface area contributed by atoms with Gasteiger partial charge in [-0.3, -0.25) is 19.2 Å². The number of fused-ring (bicyclic) bond motifs is 14. The number of anilines is 1. The van der Waals surface area contributed by atoms with Crippen LogP contribution < -0.4 is 20.2 Å². The molecule has 0 spiro atoms. The van der Waals surface area contributed by atoms with Crippen molar-refractivity contribution in [3.05, 3.63) is 75.7 Å². The minimum atomic E-state index is -1.96. The van der Waals surface area contributed by atoms with Crippen molar-refractivity contribution in [1.29, 1.82) is 0 Å². The molecule has 4 heterocycles. The fraction of sp³-hybridized carbons (Fsp3) is 0.468. The maximum absolute atomic E-state index is 14.6. The van der Waals surface area contributed by atoms with Crippen LogP contribution in [0.1, 0.15) is 76.7 Å². The van der Waals surface area contributed by atoms with E-state index in [0.717, 1.165) is 6.54 Å². The Balaban J connectivity index is 1.49. The molecular weight excluding hydrogens is 799 g/mol. The predicted molar refractivity (Wildman–Crippen MR) is 235 cm³/mol. The van der Waals surface area contributed by atoms with E-state index in [1.54, 1.807) is 43.4 Å². The second kappa shape index (κ2) is 19.1. The average molecular weight is 856 g/mol. The third-order valence-electron chi connectivity index (χ3n) is 11.2. The lowest BCUT2D eigenvalue weighted by atomic mass is 9.87. The average Bonchev–Trinajstić information content (AvgIpc) is 3.47. The zero-order valence-corrected chi connectivity index (χ0v) is 36.8. The monoisotopic (exact) mass is 855 g/mol. The van der Waals surface area contributed by atoms with E-state index in [9.17, 15) is 29.4 Å². The molecule has 0 aliphatic carbocycles. The number of aliphatic hydroxyl groups excluding tert-OH is 1. The Morgan fingerprint density at radius 1 is 1.06 bits per heavy atom. The van der Waals surface area contributed by atoms with Crippen molar-refractivity contribution < 1.29 is 52.7 Å². The number of aromatic nitrogens is 1. The molecule has 0 radical (unpaired) electrons. The minimum Gasteiger partial charge on any atom is -0.505 e. The van der Waals surface area contributed by atoms with Gasteiger partial charge in [0, 0.05) is 43.0 Å². The molecule has 0 saturated heterocycles. The van der Waals surface area contributed by atoms with Gasteiger partial charge in [-0.15, -0.1) is 0 Å². The lowest BCUT2D eigenvalue weighted by molar-refractivity contribution is -0.157. The summed E-state index contributed by atoms with van der Waals surface area (Å²) in [5.74, 6) is -4.20. The molecule has 0 saturated carbocycles. The number of nitrogens with zero attached hydrogens (tertiary/aromatic N) is 2. The number of allylic oxidation sites excluding steroid dienone is 4. The Morgan fingerprint density at radius 3 is 2.55 bits per heavy atom. The number of benzene rings is 3. The number of esters is 1. The summed E-state index contributed by atoms with van der Waals surface area (Å²) in [4.78, 5) is 61.7. The third kappa shape index (κ3) is 9.80. The lowest BCUT2D eigenvalue weighted by Crippen LogP contribution is -2.38. The number of ether oxygens (including phenoxy) is 5. The molecule has 3 unspecified atom stereocenters. The molecule has 332 valence electrons. The molecule has 15 nitrogen and oxygen atoms in total. The van der Waals surface area contributed by atoms with Gasteiger partial charge in [-0.05, 0) is 83.2 Å². The quantitative estimate of drug-likeness (QED) is 0.0533. The zero-order chi connectivity index (χ0) is 45.0. The maximum atomic E-state index is 14.6. The Kier molecular flexibility index (Phi) is 14.1. The van der Waals surface area contributed by atoms with Crippen LogP contribution in [0.4, 0.5) is 5.69 Å². The van der Waals surface area contributed by atoms with Crippen molar-refractivity contribution in [2.45, 2.75) is 85.7 Å². The number of hydrogen-bond acceptors (Lipinski definition) is 14. The number of nitrogens with one attached hydrogen (secondary N) is 1. The van der Waals surface area contributed by atoms with Crippen molar-refractivity contribution in [1.82, 2.24) is 9.88 Å². The van der Waals surface area contributed by atoms with Crippen LogP contribution in [-0.2, 0) is 23.8 Å². The number of rotatable bonds is 8. The molecule has 0 fully saturated rings. The number of ketones is 1. The van der Waals surface area contributed by atoms with Crippen molar-refractivity contribution >= 4 is 56.3 Å². The van der Waals surface area contributed by atoms with Gasteiger partial charge in [0.25, 0.3) is 11.7 Å². The van der Waals surface area contributed by atoms with Gasteiger partial charge >= 0.3 is 11.8 Å². The summed E-state index contributed by atoms with van der Waals surface area (Å²) in [7, 11) is 3.92. The molecule has 5 bridgehead atoms. The van der Waals surface area contributed by atoms with Crippen LogP contribution in [-0.4, -0.2) is 96.2 Å². The Morgan fingerprint density at radius 2 is 1.82 bits per heavy atom. The standard InChI is InChI=1S/C47H57N3O12/c1-25-12-10-13-28(4)46(56)49-39-41(54)36-35(38-44(39)61-34-24-31(15-16-32(34)48-38)58-21-20-57-19-17-50(8)9)37-43(29(5)40(36)53)62-47(7,45(37)55)59-18-11-14-27(3)42(60-30(6)51)33(52)23-26(2)22-25/h10-13,15-16,18,24-27,33,42,52,54H,14,17,19-23H2,1-9H3,(H,49,56)/b12-10+,18-11+,28-13-/t25?,26-,27-,33?,42?,47+/m1/s1. The fourth-order valence-electron chi connectivity index (χ4n) is 7.91. The number of Topliss-reactive ketones (excluding diaryl/α,β-unsaturated/α-hetero) is 1. The fourth-order valence-corrected chi connectivity index (χ4v) is 7.91. The van der Waals surface area contributed by atoms with E-state index in [1.807, 2.05) is 45.8 Å². The SMILES string of the molecule is CC(=O)OC1C(O)C[C@H](C)CC(C)/C=C/C=C(/C)C(=O)Nc2c(O)c3c(=O)c(C)c4c(c3c3nc5ccc(OCCOCCN(C)C)cc5oc23)C(=O)[C@@](C)(O/C=C/C[C@H]1C)O4. The molecule has 6 atom stereocenters. The van der Waals surface area contributed by atoms with Crippen molar-refractivity contribution in [3.63, 3.8) is 0 Å². The Hall–Kier alpha value is -5.77. The van der Waals surface area contributed by atoms with Gasteiger partial charge in [-0.25, -0.2) is 4.98 Å². The third-order valence-corrected chi connectivity index (χ3v) is 11.2. The highest BCUT2D eigenvalue weighted by molar-refractivity contribution is 6.26. The highest BCUT2D eigenvalue weighted by Gasteiger charge is 2.49. The molecular formula is C47H57N3O12. The summed E-state index contributed by atoms with van der Waals surface area (Å²) in [6, 6.07) is 4.97. The molecule has 1 aromatic heterocycles. The van der Waals surface area contributed by atoms with Crippen LogP contribution in [0.5, 0.6) is 17.2 Å². The van der Waals surface area contributed by atoms with E-state index in [0.29, 0.717) is 43.7 Å². The molecule has 62 heavy (non-hydrogen) atoms. The van der Waals surface area contributed by atoms with Gasteiger partial charge < -0.3 is 48.5 Å². The number of phenols is 1. The first-order valence-electron chi connectivity index (χ1n) is 20.9. The van der Waals surface area contributed by atoms with Gasteiger partial charge in [-0.2, -0.15) is 0 Å². The van der Waals surface area contributed by atoms with Crippen LogP contribution in [0.2, 0.25) is 0 Å². The van der Waals surface area contributed by atoms with Crippen LogP contribution in [0, 0.1) is 24.7 Å². The number of hydrogen-bond donors (Lipinski definition) is 3. The topological polar surface area (TPSA) is 196 Å². The van der Waals surface area contributed by atoms with Gasteiger partial charge in [0.05, 0.1) is 36.5 Å². The molecule has 1 amide bonds. The first kappa shape index (κ1) is 45.7. The first-order valence-corrected chi connectivity index (χ1v) is 20.9. The van der Waals surface area contributed by atoms with E-state index in [1.165, 1.54) is 27.0 Å². The first-order chi connectivity index (χ1) is 29.4. The largest absolute Gasteiger partial charge is 0.505 e. The molecule has 3 aliphatic rings.